The summed E-state index contributed by atoms with van der Waals surface area (Å²) in [5, 5.41) is 1.95. The van der Waals surface area contributed by atoms with Crippen LogP contribution in [0.2, 0.25) is 0 Å². The highest BCUT2D eigenvalue weighted by molar-refractivity contribution is 7.10. The molecule has 3 nitrogen and oxygen atoms in total. The summed E-state index contributed by atoms with van der Waals surface area (Å²) in [7, 11) is 0. The van der Waals surface area contributed by atoms with Crippen LogP contribution in [-0.4, -0.2) is 11.7 Å². The summed E-state index contributed by atoms with van der Waals surface area (Å²) in [6, 6.07) is 17.6. The van der Waals surface area contributed by atoms with Crippen LogP contribution in [0.3, 0.4) is 0 Å². The minimum Gasteiger partial charge on any atom is -0.266 e. The average Bonchev–Trinajstić information content (AvgIpc) is 3.25. The summed E-state index contributed by atoms with van der Waals surface area (Å²) < 4.78 is 13.3. The third kappa shape index (κ3) is 3.09. The number of aliphatic imine (C=N–C) groups is 1. The standard InChI is InChI=1S/C21H15FN2OS/c1-14-4-2-5-17(12-14)24-20(15-7-9-16(22)10-8-15)23-19(21(24)25)13-18-6-3-11-26-18/h2-13H,1H3. The van der Waals surface area contributed by atoms with Gasteiger partial charge in [-0.1, -0.05) is 18.2 Å². The maximum absolute atomic E-state index is 13.3. The number of hydrogen-bond donors (Lipinski definition) is 0. The molecule has 1 aromatic heterocycles. The van der Waals surface area contributed by atoms with Crippen LogP contribution >= 0.6 is 11.3 Å². The Morgan fingerprint density at radius 1 is 1.08 bits per heavy atom. The largest absolute Gasteiger partial charge is 0.282 e. The topological polar surface area (TPSA) is 32.7 Å². The maximum Gasteiger partial charge on any atom is 0.282 e. The van der Waals surface area contributed by atoms with E-state index in [1.54, 1.807) is 34.4 Å². The van der Waals surface area contributed by atoms with Gasteiger partial charge in [-0.2, -0.15) is 0 Å². The molecule has 128 valence electrons. The number of benzene rings is 2. The summed E-state index contributed by atoms with van der Waals surface area (Å²) in [4.78, 5) is 20.2. The predicted octanol–water partition coefficient (Wildman–Crippen LogP) is 5.03. The van der Waals surface area contributed by atoms with E-state index in [1.807, 2.05) is 48.7 Å². The average molecular weight is 362 g/mol. The lowest BCUT2D eigenvalue weighted by atomic mass is 10.1. The molecule has 26 heavy (non-hydrogen) atoms. The van der Waals surface area contributed by atoms with Crippen LogP contribution < -0.4 is 4.90 Å². The second-order valence-electron chi connectivity index (χ2n) is 5.97. The van der Waals surface area contributed by atoms with Gasteiger partial charge in [0.05, 0.1) is 5.69 Å². The highest BCUT2D eigenvalue weighted by atomic mass is 32.1. The molecule has 2 heterocycles. The minimum absolute atomic E-state index is 0.191. The zero-order valence-electron chi connectivity index (χ0n) is 14.0. The van der Waals surface area contributed by atoms with Gasteiger partial charge in [0, 0.05) is 10.4 Å². The van der Waals surface area contributed by atoms with E-state index in [0.29, 0.717) is 17.1 Å². The van der Waals surface area contributed by atoms with E-state index in [9.17, 15) is 9.18 Å². The fourth-order valence-corrected chi connectivity index (χ4v) is 3.48. The minimum atomic E-state index is -0.324. The van der Waals surface area contributed by atoms with Gasteiger partial charge in [0.2, 0.25) is 0 Å². The zero-order valence-corrected chi connectivity index (χ0v) is 14.8. The Labute approximate surface area is 154 Å². The van der Waals surface area contributed by atoms with E-state index in [0.717, 1.165) is 16.1 Å². The van der Waals surface area contributed by atoms with Gasteiger partial charge in [0.25, 0.3) is 5.91 Å². The quantitative estimate of drug-likeness (QED) is 0.602. The number of rotatable bonds is 3. The van der Waals surface area contributed by atoms with Crippen molar-refractivity contribution in [1.82, 2.24) is 0 Å². The molecular formula is C21H15FN2OS. The molecule has 0 bridgehead atoms. The zero-order chi connectivity index (χ0) is 18.1. The number of halogens is 1. The lowest BCUT2D eigenvalue weighted by Gasteiger charge is -2.19. The van der Waals surface area contributed by atoms with Crippen molar-refractivity contribution in [2.24, 2.45) is 4.99 Å². The van der Waals surface area contributed by atoms with Crippen molar-refractivity contribution in [3.05, 3.63) is 93.6 Å². The number of amidine groups is 1. The van der Waals surface area contributed by atoms with Crippen molar-refractivity contribution in [1.29, 1.82) is 0 Å². The fourth-order valence-electron chi connectivity index (χ4n) is 2.82. The number of amides is 1. The molecule has 0 fully saturated rings. The smallest absolute Gasteiger partial charge is 0.266 e. The van der Waals surface area contributed by atoms with Crippen LogP contribution in [0.1, 0.15) is 16.0 Å². The molecule has 3 aromatic rings. The normalized spacial score (nSPS) is 15.6. The molecule has 0 N–H and O–H groups in total. The van der Waals surface area contributed by atoms with Crippen molar-refractivity contribution < 1.29 is 9.18 Å². The Kier molecular flexibility index (Phi) is 4.22. The van der Waals surface area contributed by atoms with Gasteiger partial charge in [-0.15, -0.1) is 11.3 Å². The number of aryl methyl sites for hydroxylation is 1. The molecule has 0 aliphatic carbocycles. The fraction of sp³-hybridized carbons (Fsp3) is 0.0476. The van der Waals surface area contributed by atoms with Gasteiger partial charge in [-0.05, 0) is 66.4 Å². The monoisotopic (exact) mass is 362 g/mol. The van der Waals surface area contributed by atoms with Crippen molar-refractivity contribution >= 4 is 34.8 Å². The Bertz CT molecular complexity index is 1020. The van der Waals surface area contributed by atoms with E-state index in [-0.39, 0.29) is 11.7 Å². The summed E-state index contributed by atoms with van der Waals surface area (Å²) in [5.74, 6) is -0.0122. The summed E-state index contributed by atoms with van der Waals surface area (Å²) in [6.45, 7) is 1.97. The molecule has 1 amide bonds. The first-order chi connectivity index (χ1) is 12.6. The van der Waals surface area contributed by atoms with E-state index >= 15 is 0 Å². The molecule has 0 saturated carbocycles. The first kappa shape index (κ1) is 16.4. The highest BCUT2D eigenvalue weighted by Crippen LogP contribution is 2.29. The molecule has 1 aliphatic heterocycles. The van der Waals surface area contributed by atoms with Gasteiger partial charge in [-0.3, -0.25) is 9.69 Å². The Hall–Kier alpha value is -3.05. The van der Waals surface area contributed by atoms with Gasteiger partial charge in [-0.25, -0.2) is 9.38 Å². The predicted molar refractivity (Wildman–Crippen MR) is 104 cm³/mol. The molecule has 0 radical (unpaired) electrons. The van der Waals surface area contributed by atoms with Crippen LogP contribution in [0.4, 0.5) is 10.1 Å². The number of carbonyl (C=O) groups excluding carboxylic acids is 1. The van der Waals surface area contributed by atoms with Crippen molar-refractivity contribution in [3.8, 4) is 0 Å². The van der Waals surface area contributed by atoms with Crippen LogP contribution in [0.25, 0.3) is 6.08 Å². The number of nitrogens with zero attached hydrogens (tertiary/aromatic N) is 2. The van der Waals surface area contributed by atoms with Crippen LogP contribution in [0, 0.1) is 12.7 Å². The Balaban J connectivity index is 1.84. The van der Waals surface area contributed by atoms with Crippen LogP contribution in [-0.2, 0) is 4.79 Å². The first-order valence-corrected chi connectivity index (χ1v) is 9.01. The number of hydrogen-bond acceptors (Lipinski definition) is 3. The molecule has 5 heteroatoms. The number of carbonyl (C=O) groups is 1. The highest BCUT2D eigenvalue weighted by Gasteiger charge is 2.32. The van der Waals surface area contributed by atoms with Gasteiger partial charge >= 0.3 is 0 Å². The molecule has 4 rings (SSSR count). The number of thiophene rings is 1. The van der Waals surface area contributed by atoms with Crippen LogP contribution in [0.5, 0.6) is 0 Å². The van der Waals surface area contributed by atoms with Gasteiger partial charge in [0.15, 0.2) is 0 Å². The molecule has 0 unspecified atom stereocenters. The van der Waals surface area contributed by atoms with Crippen molar-refractivity contribution in [2.45, 2.75) is 6.92 Å². The molecule has 1 aliphatic rings. The Morgan fingerprint density at radius 3 is 2.58 bits per heavy atom. The SMILES string of the molecule is Cc1cccc(N2C(=O)C(=Cc3cccs3)N=C2c2ccc(F)cc2)c1. The lowest BCUT2D eigenvalue weighted by Crippen LogP contribution is -2.32. The van der Waals surface area contributed by atoms with E-state index in [1.165, 1.54) is 12.1 Å². The number of anilines is 1. The molecular weight excluding hydrogens is 347 g/mol. The second kappa shape index (κ2) is 6.69. The maximum atomic E-state index is 13.3. The van der Waals surface area contributed by atoms with Crippen LogP contribution in [0.15, 0.2) is 76.7 Å². The Morgan fingerprint density at radius 2 is 1.88 bits per heavy atom. The molecule has 0 saturated heterocycles. The third-order valence-electron chi connectivity index (χ3n) is 4.04. The lowest BCUT2D eigenvalue weighted by molar-refractivity contribution is -0.113. The van der Waals surface area contributed by atoms with Gasteiger partial charge < -0.3 is 0 Å². The van der Waals surface area contributed by atoms with Gasteiger partial charge in [0.1, 0.15) is 17.3 Å². The summed E-state index contributed by atoms with van der Waals surface area (Å²) in [5.41, 5.74) is 2.85. The van der Waals surface area contributed by atoms with Crippen molar-refractivity contribution in [2.75, 3.05) is 4.90 Å². The third-order valence-corrected chi connectivity index (χ3v) is 4.86. The molecule has 0 atom stereocenters. The summed E-state index contributed by atoms with van der Waals surface area (Å²) >= 11 is 1.54. The first-order valence-electron chi connectivity index (χ1n) is 8.13. The van der Waals surface area contributed by atoms with E-state index in [2.05, 4.69) is 4.99 Å². The van der Waals surface area contributed by atoms with E-state index < -0.39 is 0 Å². The van der Waals surface area contributed by atoms with E-state index in [4.69, 9.17) is 0 Å². The molecule has 2 aromatic carbocycles. The molecule has 0 spiro atoms. The second-order valence-corrected chi connectivity index (χ2v) is 6.95. The summed E-state index contributed by atoms with van der Waals surface area (Å²) in [6.07, 6.45) is 1.78. The van der Waals surface area contributed by atoms with Crippen molar-refractivity contribution in [3.63, 3.8) is 0 Å².